The minimum absolute atomic E-state index is 0.305. The van der Waals surface area contributed by atoms with Gasteiger partial charge in [0.25, 0.3) is 0 Å². The molecule has 2 rings (SSSR count). The Morgan fingerprint density at radius 3 is 3.27 bits per heavy atom. The van der Waals surface area contributed by atoms with Crippen molar-refractivity contribution in [2.75, 3.05) is 6.61 Å². The van der Waals surface area contributed by atoms with E-state index in [2.05, 4.69) is 5.16 Å². The van der Waals surface area contributed by atoms with Gasteiger partial charge >= 0.3 is 0 Å². The zero-order chi connectivity index (χ0) is 7.68. The van der Waals surface area contributed by atoms with Gasteiger partial charge in [0.1, 0.15) is 0 Å². The van der Waals surface area contributed by atoms with E-state index in [1.165, 1.54) is 0 Å². The summed E-state index contributed by atoms with van der Waals surface area (Å²) in [5, 5.41) is 3.74. The fraction of sp³-hybridized carbons (Fsp3) is 0.429. The van der Waals surface area contributed by atoms with Gasteiger partial charge in [-0.3, -0.25) is 4.79 Å². The fourth-order valence-corrected chi connectivity index (χ4v) is 1.14. The molecule has 1 aromatic heterocycles. The third-order valence-corrected chi connectivity index (χ3v) is 1.74. The van der Waals surface area contributed by atoms with Gasteiger partial charge in [0.15, 0.2) is 6.29 Å². The summed E-state index contributed by atoms with van der Waals surface area (Å²) in [6.07, 6.45) is 1.41. The zero-order valence-electron chi connectivity index (χ0n) is 5.87. The van der Waals surface area contributed by atoms with Crippen molar-refractivity contribution >= 4 is 6.29 Å². The molecule has 0 unspecified atom stereocenters. The van der Waals surface area contributed by atoms with Crippen molar-refractivity contribution in [3.8, 4) is 0 Å². The van der Waals surface area contributed by atoms with Crippen LogP contribution in [-0.2, 0) is 17.8 Å². The van der Waals surface area contributed by atoms with Crippen LogP contribution in [0.15, 0.2) is 4.52 Å². The molecule has 0 N–H and O–H groups in total. The lowest BCUT2D eigenvalue weighted by Gasteiger charge is -2.08. The Labute approximate surface area is 63.1 Å². The molecule has 4 nitrogen and oxygen atoms in total. The van der Waals surface area contributed by atoms with E-state index in [1.54, 1.807) is 0 Å². The molecule has 2 heterocycles. The molecule has 0 amide bonds. The molecule has 0 spiro atoms. The van der Waals surface area contributed by atoms with E-state index in [0.717, 1.165) is 17.7 Å². The zero-order valence-corrected chi connectivity index (χ0v) is 5.87. The van der Waals surface area contributed by atoms with Crippen LogP contribution in [0.25, 0.3) is 0 Å². The second-order valence-corrected chi connectivity index (χ2v) is 2.39. The minimum Gasteiger partial charge on any atom is -0.376 e. The number of aldehydes is 1. The predicted octanol–water partition coefficient (Wildman–Crippen LogP) is 0.560. The maximum atomic E-state index is 10.4. The highest BCUT2D eigenvalue weighted by Crippen LogP contribution is 2.18. The Bertz CT molecular complexity index is 279. The van der Waals surface area contributed by atoms with Crippen LogP contribution in [0, 0.1) is 0 Å². The molecule has 0 radical (unpaired) electrons. The Balaban J connectivity index is 2.45. The number of ether oxygens (including phenoxy) is 1. The van der Waals surface area contributed by atoms with Crippen LogP contribution >= 0.6 is 0 Å². The molecule has 0 atom stereocenters. The molecule has 11 heavy (non-hydrogen) atoms. The first-order chi connectivity index (χ1) is 5.42. The molecule has 0 aromatic carbocycles. The molecule has 0 fully saturated rings. The summed E-state index contributed by atoms with van der Waals surface area (Å²) in [6.45, 7) is 1.12. The highest BCUT2D eigenvalue weighted by molar-refractivity contribution is 5.73. The lowest BCUT2D eigenvalue weighted by atomic mass is 10.1. The number of rotatable bonds is 1. The van der Waals surface area contributed by atoms with E-state index in [4.69, 9.17) is 9.26 Å². The molecule has 0 bridgehead atoms. The molecule has 58 valence electrons. The van der Waals surface area contributed by atoms with Crippen molar-refractivity contribution in [1.29, 1.82) is 0 Å². The monoisotopic (exact) mass is 153 g/mol. The molecular formula is C7H7NO3. The van der Waals surface area contributed by atoms with E-state index >= 15 is 0 Å². The summed E-state index contributed by atoms with van der Waals surface area (Å²) < 4.78 is 9.91. The molecule has 0 saturated heterocycles. The summed E-state index contributed by atoms with van der Waals surface area (Å²) in [5.41, 5.74) is 1.67. The standard InChI is InChI=1S/C7H7NO3/c9-3-7-5-4-10-2-1-6(5)8-11-7/h3H,1-2,4H2. The van der Waals surface area contributed by atoms with Crippen molar-refractivity contribution < 1.29 is 14.1 Å². The Morgan fingerprint density at radius 1 is 1.55 bits per heavy atom. The van der Waals surface area contributed by atoms with E-state index in [-0.39, 0.29) is 0 Å². The number of hydrogen-bond donors (Lipinski definition) is 0. The Hall–Kier alpha value is -1.16. The molecule has 0 saturated carbocycles. The summed E-state index contributed by atoms with van der Waals surface area (Å²) in [6, 6.07) is 0. The average molecular weight is 153 g/mol. The number of aromatic nitrogens is 1. The van der Waals surface area contributed by atoms with Gasteiger partial charge in [-0.15, -0.1) is 0 Å². The fourth-order valence-electron chi connectivity index (χ4n) is 1.14. The Morgan fingerprint density at radius 2 is 2.45 bits per heavy atom. The second kappa shape index (κ2) is 2.47. The van der Waals surface area contributed by atoms with Gasteiger partial charge in [-0.2, -0.15) is 0 Å². The third-order valence-electron chi connectivity index (χ3n) is 1.74. The van der Waals surface area contributed by atoms with Crippen LogP contribution in [0.4, 0.5) is 0 Å². The third kappa shape index (κ3) is 0.952. The largest absolute Gasteiger partial charge is 0.376 e. The second-order valence-electron chi connectivity index (χ2n) is 2.39. The van der Waals surface area contributed by atoms with Crippen molar-refractivity contribution in [3.63, 3.8) is 0 Å². The number of fused-ring (bicyclic) bond motifs is 1. The molecule has 0 aliphatic carbocycles. The lowest BCUT2D eigenvalue weighted by Crippen LogP contribution is -2.09. The first-order valence-electron chi connectivity index (χ1n) is 3.42. The van der Waals surface area contributed by atoms with Crippen LogP contribution in [0.5, 0.6) is 0 Å². The summed E-state index contributed by atoms with van der Waals surface area (Å²) in [4.78, 5) is 10.4. The predicted molar refractivity (Wildman–Crippen MR) is 35.3 cm³/mol. The highest BCUT2D eigenvalue weighted by atomic mass is 16.5. The first-order valence-corrected chi connectivity index (χ1v) is 3.42. The maximum Gasteiger partial charge on any atom is 0.205 e. The van der Waals surface area contributed by atoms with Gasteiger partial charge in [0.05, 0.1) is 24.5 Å². The summed E-state index contributed by atoms with van der Waals surface area (Å²) in [7, 11) is 0. The SMILES string of the molecule is O=Cc1onc2c1COCC2. The van der Waals surface area contributed by atoms with Crippen LogP contribution in [0.3, 0.4) is 0 Å². The lowest BCUT2D eigenvalue weighted by molar-refractivity contribution is 0.104. The molecular weight excluding hydrogens is 146 g/mol. The highest BCUT2D eigenvalue weighted by Gasteiger charge is 2.18. The van der Waals surface area contributed by atoms with E-state index < -0.39 is 0 Å². The maximum absolute atomic E-state index is 10.4. The smallest absolute Gasteiger partial charge is 0.205 e. The van der Waals surface area contributed by atoms with Crippen molar-refractivity contribution in [3.05, 3.63) is 17.0 Å². The number of hydrogen-bond acceptors (Lipinski definition) is 4. The van der Waals surface area contributed by atoms with Crippen LogP contribution in [-0.4, -0.2) is 18.0 Å². The van der Waals surface area contributed by atoms with E-state index in [1.807, 2.05) is 0 Å². The van der Waals surface area contributed by atoms with Crippen LogP contribution in [0.1, 0.15) is 21.8 Å². The molecule has 1 aliphatic rings. The average Bonchev–Trinajstić information content (AvgIpc) is 2.47. The van der Waals surface area contributed by atoms with E-state index in [9.17, 15) is 4.79 Å². The molecule has 1 aliphatic heterocycles. The number of nitrogens with zero attached hydrogens (tertiary/aromatic N) is 1. The molecule has 1 aromatic rings. The topological polar surface area (TPSA) is 52.3 Å². The normalized spacial score (nSPS) is 16.0. The van der Waals surface area contributed by atoms with Gasteiger partial charge < -0.3 is 9.26 Å². The van der Waals surface area contributed by atoms with Crippen molar-refractivity contribution in [1.82, 2.24) is 5.16 Å². The Kier molecular flexibility index (Phi) is 1.47. The van der Waals surface area contributed by atoms with E-state index in [0.29, 0.717) is 25.3 Å². The van der Waals surface area contributed by atoms with Gasteiger partial charge in [-0.1, -0.05) is 5.16 Å². The van der Waals surface area contributed by atoms with Crippen molar-refractivity contribution in [2.24, 2.45) is 0 Å². The minimum atomic E-state index is 0.305. The first kappa shape index (κ1) is 6.54. The van der Waals surface area contributed by atoms with Crippen LogP contribution in [0.2, 0.25) is 0 Å². The van der Waals surface area contributed by atoms with Gasteiger partial charge in [0.2, 0.25) is 5.76 Å². The molecule has 4 heteroatoms. The summed E-state index contributed by atoms with van der Waals surface area (Å²) in [5.74, 6) is 0.305. The quantitative estimate of drug-likeness (QED) is 0.553. The number of carbonyl (C=O) groups is 1. The van der Waals surface area contributed by atoms with Gasteiger partial charge in [-0.05, 0) is 0 Å². The number of carbonyl (C=O) groups excluding carboxylic acids is 1. The van der Waals surface area contributed by atoms with Crippen LogP contribution < -0.4 is 0 Å². The summed E-state index contributed by atoms with van der Waals surface area (Å²) >= 11 is 0. The van der Waals surface area contributed by atoms with Crippen molar-refractivity contribution in [2.45, 2.75) is 13.0 Å². The van der Waals surface area contributed by atoms with Gasteiger partial charge in [-0.25, -0.2) is 0 Å². The van der Waals surface area contributed by atoms with Gasteiger partial charge in [0, 0.05) is 6.42 Å².